The lowest BCUT2D eigenvalue weighted by molar-refractivity contribution is -0.139. The van der Waals surface area contributed by atoms with E-state index >= 15 is 0 Å². The van der Waals surface area contributed by atoms with Gasteiger partial charge < -0.3 is 4.74 Å². The molecule has 1 aromatic carbocycles. The molecule has 5 nitrogen and oxygen atoms in total. The monoisotopic (exact) mass is 452 g/mol. The number of hydrogen-bond donors (Lipinski definition) is 0. The molecule has 0 saturated heterocycles. The molecule has 0 amide bonds. The van der Waals surface area contributed by atoms with Crippen molar-refractivity contribution in [1.29, 1.82) is 0 Å². The number of benzene rings is 1. The number of allylic oxidation sites excluding steroid dienone is 1. The van der Waals surface area contributed by atoms with Crippen molar-refractivity contribution in [3.63, 3.8) is 0 Å². The summed E-state index contributed by atoms with van der Waals surface area (Å²) < 4.78 is 7.57. The maximum absolute atomic E-state index is 13.4. The third kappa shape index (κ3) is 4.07. The second kappa shape index (κ2) is 8.77. The van der Waals surface area contributed by atoms with E-state index in [1.54, 1.807) is 29.8 Å². The predicted octanol–water partition coefficient (Wildman–Crippen LogP) is 3.98. The standard InChI is InChI=1S/C24H24N2O3S2/c1-5-29-23(28)20-15(4)25-24-26(21(20)17-10-8-16(9-11-17)14(2)3)22(27)19(31-24)13-18-7-6-12-30-18/h6-14,21H,5H2,1-4H3. The van der Waals surface area contributed by atoms with Gasteiger partial charge in [-0.15, -0.1) is 11.3 Å². The van der Waals surface area contributed by atoms with Crippen LogP contribution in [0.1, 0.15) is 55.7 Å². The first-order valence-corrected chi connectivity index (χ1v) is 11.9. The van der Waals surface area contributed by atoms with Gasteiger partial charge in [-0.3, -0.25) is 9.36 Å². The molecule has 3 heterocycles. The summed E-state index contributed by atoms with van der Waals surface area (Å²) in [7, 11) is 0. The van der Waals surface area contributed by atoms with Gasteiger partial charge in [-0.2, -0.15) is 0 Å². The molecule has 0 radical (unpaired) electrons. The molecule has 1 atom stereocenters. The summed E-state index contributed by atoms with van der Waals surface area (Å²) in [6.07, 6.45) is 1.89. The first-order chi connectivity index (χ1) is 14.9. The summed E-state index contributed by atoms with van der Waals surface area (Å²) in [5.41, 5.74) is 2.91. The molecule has 31 heavy (non-hydrogen) atoms. The topological polar surface area (TPSA) is 60.7 Å². The molecule has 0 saturated carbocycles. The van der Waals surface area contributed by atoms with Crippen molar-refractivity contribution in [2.45, 2.75) is 39.7 Å². The third-order valence-electron chi connectivity index (χ3n) is 5.25. The van der Waals surface area contributed by atoms with Crippen LogP contribution in [-0.2, 0) is 9.53 Å². The minimum Gasteiger partial charge on any atom is -0.463 e. The average Bonchev–Trinajstić information content (AvgIpc) is 3.35. The molecule has 2 aromatic heterocycles. The lowest BCUT2D eigenvalue weighted by Crippen LogP contribution is -2.39. The highest BCUT2D eigenvalue weighted by Crippen LogP contribution is 2.31. The highest BCUT2D eigenvalue weighted by molar-refractivity contribution is 7.11. The van der Waals surface area contributed by atoms with E-state index in [9.17, 15) is 9.59 Å². The second-order valence-electron chi connectivity index (χ2n) is 7.64. The Morgan fingerprint density at radius 1 is 1.26 bits per heavy atom. The molecule has 0 bridgehead atoms. The number of thiophene rings is 1. The van der Waals surface area contributed by atoms with Crippen LogP contribution in [0.15, 0.2) is 62.8 Å². The van der Waals surface area contributed by atoms with Crippen LogP contribution < -0.4 is 14.9 Å². The van der Waals surface area contributed by atoms with Crippen LogP contribution in [0.25, 0.3) is 6.08 Å². The number of nitrogens with zero attached hydrogens (tertiary/aromatic N) is 2. The summed E-state index contributed by atoms with van der Waals surface area (Å²) in [6, 6.07) is 11.5. The zero-order chi connectivity index (χ0) is 22.1. The summed E-state index contributed by atoms with van der Waals surface area (Å²) in [5, 5.41) is 1.98. The smallest absolute Gasteiger partial charge is 0.338 e. The maximum atomic E-state index is 13.4. The van der Waals surface area contributed by atoms with E-state index in [1.165, 1.54) is 16.9 Å². The average molecular weight is 453 g/mol. The zero-order valence-corrected chi connectivity index (χ0v) is 19.5. The van der Waals surface area contributed by atoms with Gasteiger partial charge in [0.1, 0.15) is 0 Å². The largest absolute Gasteiger partial charge is 0.463 e. The van der Waals surface area contributed by atoms with Gasteiger partial charge in [0, 0.05) is 4.88 Å². The summed E-state index contributed by atoms with van der Waals surface area (Å²) >= 11 is 2.92. The van der Waals surface area contributed by atoms with Crippen LogP contribution >= 0.6 is 22.7 Å². The molecule has 160 valence electrons. The van der Waals surface area contributed by atoms with Crippen molar-refractivity contribution >= 4 is 34.7 Å². The van der Waals surface area contributed by atoms with E-state index in [1.807, 2.05) is 35.7 Å². The molecule has 0 spiro atoms. The Labute approximate surface area is 188 Å². The molecule has 1 aliphatic rings. The van der Waals surface area contributed by atoms with Crippen LogP contribution in [0.2, 0.25) is 0 Å². The number of carbonyl (C=O) groups is 1. The number of ether oxygens (including phenoxy) is 1. The Kier molecular flexibility index (Phi) is 6.07. The molecule has 0 fully saturated rings. The van der Waals surface area contributed by atoms with Crippen molar-refractivity contribution in [3.05, 3.63) is 88.7 Å². The molecule has 4 rings (SSSR count). The lowest BCUT2D eigenvalue weighted by Gasteiger charge is -2.25. The van der Waals surface area contributed by atoms with Crippen LogP contribution in [0, 0.1) is 0 Å². The minimum atomic E-state index is -0.568. The molecular weight excluding hydrogens is 428 g/mol. The van der Waals surface area contributed by atoms with Gasteiger partial charge in [0.2, 0.25) is 0 Å². The molecule has 1 aliphatic heterocycles. The fraction of sp³-hybridized carbons (Fsp3) is 0.292. The predicted molar refractivity (Wildman–Crippen MR) is 125 cm³/mol. The minimum absolute atomic E-state index is 0.149. The van der Waals surface area contributed by atoms with Crippen molar-refractivity contribution in [1.82, 2.24) is 4.57 Å². The van der Waals surface area contributed by atoms with E-state index in [0.29, 0.717) is 26.5 Å². The lowest BCUT2D eigenvalue weighted by atomic mass is 9.93. The zero-order valence-electron chi connectivity index (χ0n) is 17.9. The Hall–Kier alpha value is -2.77. The second-order valence-corrected chi connectivity index (χ2v) is 9.63. The third-order valence-corrected chi connectivity index (χ3v) is 7.05. The van der Waals surface area contributed by atoms with Gasteiger partial charge in [0.25, 0.3) is 5.56 Å². The first kappa shape index (κ1) is 21.5. The quantitative estimate of drug-likeness (QED) is 0.550. The highest BCUT2D eigenvalue weighted by Gasteiger charge is 2.33. The number of thiazole rings is 1. The van der Waals surface area contributed by atoms with Gasteiger partial charge in [-0.25, -0.2) is 9.79 Å². The molecule has 1 unspecified atom stereocenters. The van der Waals surface area contributed by atoms with Gasteiger partial charge in [0.05, 0.1) is 28.5 Å². The van der Waals surface area contributed by atoms with Crippen molar-refractivity contribution in [2.24, 2.45) is 4.99 Å². The van der Waals surface area contributed by atoms with E-state index in [0.717, 1.165) is 10.4 Å². The van der Waals surface area contributed by atoms with Crippen LogP contribution in [-0.4, -0.2) is 17.1 Å². The Morgan fingerprint density at radius 3 is 2.61 bits per heavy atom. The van der Waals surface area contributed by atoms with Crippen molar-refractivity contribution in [3.8, 4) is 0 Å². The fourth-order valence-corrected chi connectivity index (χ4v) is 5.44. The summed E-state index contributed by atoms with van der Waals surface area (Å²) in [6.45, 7) is 8.11. The summed E-state index contributed by atoms with van der Waals surface area (Å²) in [4.78, 5) is 32.5. The molecule has 0 aliphatic carbocycles. The van der Waals surface area contributed by atoms with Gasteiger partial charge in [-0.05, 0) is 48.4 Å². The number of hydrogen-bond acceptors (Lipinski definition) is 6. The van der Waals surface area contributed by atoms with Crippen molar-refractivity contribution in [2.75, 3.05) is 6.61 Å². The van der Waals surface area contributed by atoms with Crippen LogP contribution in [0.5, 0.6) is 0 Å². The number of rotatable bonds is 5. The molecule has 7 heteroatoms. The Balaban J connectivity index is 1.94. The van der Waals surface area contributed by atoms with Crippen LogP contribution in [0.3, 0.4) is 0 Å². The van der Waals surface area contributed by atoms with Crippen molar-refractivity contribution < 1.29 is 9.53 Å². The first-order valence-electron chi connectivity index (χ1n) is 10.2. The van der Waals surface area contributed by atoms with Crippen LogP contribution in [0.4, 0.5) is 0 Å². The molecular formula is C24H24N2O3S2. The van der Waals surface area contributed by atoms with Gasteiger partial charge in [-0.1, -0.05) is 55.5 Å². The number of carbonyl (C=O) groups excluding carboxylic acids is 1. The summed E-state index contributed by atoms with van der Waals surface area (Å²) in [5.74, 6) is -0.0436. The van der Waals surface area contributed by atoms with E-state index < -0.39 is 12.0 Å². The SMILES string of the molecule is CCOC(=O)C1=C(C)N=c2sc(=Cc3cccs3)c(=O)n2C1c1ccc(C(C)C)cc1. The Morgan fingerprint density at radius 2 is 2.00 bits per heavy atom. The number of fused-ring (bicyclic) bond motifs is 1. The normalized spacial score (nSPS) is 16.4. The van der Waals surface area contributed by atoms with Gasteiger partial charge >= 0.3 is 5.97 Å². The van der Waals surface area contributed by atoms with E-state index in [4.69, 9.17) is 4.74 Å². The molecule has 3 aromatic rings. The number of esters is 1. The number of aromatic nitrogens is 1. The van der Waals surface area contributed by atoms with E-state index in [-0.39, 0.29) is 12.2 Å². The maximum Gasteiger partial charge on any atom is 0.338 e. The molecule has 0 N–H and O–H groups in total. The Bertz CT molecular complexity index is 1310. The van der Waals surface area contributed by atoms with E-state index in [2.05, 4.69) is 31.0 Å². The fourth-order valence-electron chi connectivity index (χ4n) is 3.67. The van der Waals surface area contributed by atoms with Gasteiger partial charge in [0.15, 0.2) is 4.80 Å². The highest BCUT2D eigenvalue weighted by atomic mass is 32.1.